The molecule has 3 rings (SSSR count). The molecule has 6 nitrogen and oxygen atoms in total. The van der Waals surface area contributed by atoms with E-state index in [2.05, 4.69) is 4.72 Å². The molecule has 0 atom stereocenters. The Kier molecular flexibility index (Phi) is 6.22. The quantitative estimate of drug-likeness (QED) is 0.363. The molecule has 2 aromatic carbocycles. The van der Waals surface area contributed by atoms with Crippen LogP contribution in [0, 0.1) is 13.8 Å². The smallest absolute Gasteiger partial charge is 0.266 e. The predicted octanol–water partition coefficient (Wildman–Crippen LogP) is 3.03. The summed E-state index contributed by atoms with van der Waals surface area (Å²) in [6.07, 6.45) is 1.77. The molecule has 0 aliphatic carbocycles. The number of fused-ring (bicyclic) bond motifs is 1. The standard InChI is InChI=1S/C20H23N3O3S2/c1-14-8-6-9-15(2)18(14)23-19(24)16-10-4-5-11-17(16)22-20(23)27-13-7-12-21-28(3,25)26/h4-6,8-11,21H,7,12-13H2,1-3H3. The Balaban J connectivity index is 2.02. The highest BCUT2D eigenvalue weighted by molar-refractivity contribution is 7.99. The van der Waals surface area contributed by atoms with Crippen molar-refractivity contribution in [2.75, 3.05) is 18.6 Å². The van der Waals surface area contributed by atoms with Gasteiger partial charge < -0.3 is 0 Å². The van der Waals surface area contributed by atoms with E-state index >= 15 is 0 Å². The summed E-state index contributed by atoms with van der Waals surface area (Å²) in [5.74, 6) is 0.637. The minimum absolute atomic E-state index is 0.0974. The molecule has 0 unspecified atom stereocenters. The van der Waals surface area contributed by atoms with Crippen LogP contribution in [0.15, 0.2) is 52.4 Å². The van der Waals surface area contributed by atoms with Gasteiger partial charge in [-0.05, 0) is 43.5 Å². The van der Waals surface area contributed by atoms with Crippen LogP contribution in [0.1, 0.15) is 17.5 Å². The van der Waals surface area contributed by atoms with Crippen molar-refractivity contribution in [3.8, 4) is 5.69 Å². The Morgan fingerprint density at radius 2 is 1.75 bits per heavy atom. The van der Waals surface area contributed by atoms with Gasteiger partial charge in [0.1, 0.15) is 0 Å². The van der Waals surface area contributed by atoms with E-state index in [1.165, 1.54) is 11.8 Å². The number of sulfonamides is 1. The zero-order valence-corrected chi connectivity index (χ0v) is 17.7. The van der Waals surface area contributed by atoms with Crippen molar-refractivity contribution in [3.05, 3.63) is 63.9 Å². The molecule has 1 heterocycles. The van der Waals surface area contributed by atoms with Crippen molar-refractivity contribution in [1.29, 1.82) is 0 Å². The van der Waals surface area contributed by atoms with E-state index in [4.69, 9.17) is 4.98 Å². The lowest BCUT2D eigenvalue weighted by Gasteiger charge is -2.17. The highest BCUT2D eigenvalue weighted by atomic mass is 32.2. The highest BCUT2D eigenvalue weighted by Crippen LogP contribution is 2.25. The molecule has 148 valence electrons. The first-order valence-corrected chi connectivity index (χ1v) is 11.8. The molecule has 1 aromatic heterocycles. The fourth-order valence-corrected chi connectivity index (χ4v) is 4.51. The molecule has 0 saturated carbocycles. The number of thioether (sulfide) groups is 1. The Bertz CT molecular complexity index is 1150. The molecular weight excluding hydrogens is 394 g/mol. The summed E-state index contributed by atoms with van der Waals surface area (Å²) in [4.78, 5) is 18.0. The van der Waals surface area contributed by atoms with Gasteiger partial charge in [0, 0.05) is 12.3 Å². The molecule has 28 heavy (non-hydrogen) atoms. The summed E-state index contributed by atoms with van der Waals surface area (Å²) in [5.41, 5.74) is 3.41. The molecule has 0 fully saturated rings. The minimum Gasteiger partial charge on any atom is -0.268 e. The predicted molar refractivity (Wildman–Crippen MR) is 115 cm³/mol. The second-order valence-electron chi connectivity index (χ2n) is 6.66. The monoisotopic (exact) mass is 417 g/mol. The fourth-order valence-electron chi connectivity index (χ4n) is 3.06. The van der Waals surface area contributed by atoms with Gasteiger partial charge in [0.25, 0.3) is 5.56 Å². The Hall–Kier alpha value is -2.16. The van der Waals surface area contributed by atoms with Crippen molar-refractivity contribution in [2.45, 2.75) is 25.4 Å². The fraction of sp³-hybridized carbons (Fsp3) is 0.300. The summed E-state index contributed by atoms with van der Waals surface area (Å²) in [6.45, 7) is 4.32. The summed E-state index contributed by atoms with van der Waals surface area (Å²) in [5, 5.41) is 1.19. The van der Waals surface area contributed by atoms with E-state index in [0.717, 1.165) is 23.1 Å². The summed E-state index contributed by atoms with van der Waals surface area (Å²) < 4.78 is 26.6. The number of hydrogen-bond donors (Lipinski definition) is 1. The maximum absolute atomic E-state index is 13.3. The third kappa shape index (κ3) is 4.63. The van der Waals surface area contributed by atoms with Gasteiger partial charge in [-0.3, -0.25) is 9.36 Å². The Morgan fingerprint density at radius 1 is 1.07 bits per heavy atom. The van der Waals surface area contributed by atoms with E-state index in [1.54, 1.807) is 10.6 Å². The molecule has 0 spiro atoms. The number of nitrogens with one attached hydrogen (secondary N) is 1. The zero-order chi connectivity index (χ0) is 20.3. The van der Waals surface area contributed by atoms with Gasteiger partial charge in [0.05, 0.1) is 22.8 Å². The van der Waals surface area contributed by atoms with E-state index < -0.39 is 10.0 Å². The molecule has 8 heteroatoms. The van der Waals surface area contributed by atoms with Gasteiger partial charge in [-0.1, -0.05) is 42.1 Å². The average Bonchev–Trinajstić information content (AvgIpc) is 2.62. The molecule has 0 aliphatic rings. The Labute approximate surface area is 169 Å². The largest absolute Gasteiger partial charge is 0.268 e. The van der Waals surface area contributed by atoms with Crippen LogP contribution in [-0.4, -0.2) is 36.5 Å². The highest BCUT2D eigenvalue weighted by Gasteiger charge is 2.16. The van der Waals surface area contributed by atoms with Gasteiger partial charge in [0.15, 0.2) is 5.16 Å². The third-order valence-corrected chi connectivity index (χ3v) is 6.08. The zero-order valence-electron chi connectivity index (χ0n) is 16.1. The third-order valence-electron chi connectivity index (χ3n) is 4.32. The minimum atomic E-state index is -3.20. The lowest BCUT2D eigenvalue weighted by molar-refractivity contribution is 0.587. The summed E-state index contributed by atoms with van der Waals surface area (Å²) >= 11 is 1.46. The molecule has 1 N–H and O–H groups in total. The van der Waals surface area contributed by atoms with Crippen LogP contribution in [-0.2, 0) is 10.0 Å². The first kappa shape index (κ1) is 20.6. The van der Waals surface area contributed by atoms with Gasteiger partial charge in [-0.25, -0.2) is 18.1 Å². The topological polar surface area (TPSA) is 81.1 Å². The number of rotatable bonds is 7. The molecule has 0 amide bonds. The second kappa shape index (κ2) is 8.46. The van der Waals surface area contributed by atoms with Crippen LogP contribution >= 0.6 is 11.8 Å². The van der Waals surface area contributed by atoms with Crippen LogP contribution in [0.4, 0.5) is 0 Å². The van der Waals surface area contributed by atoms with E-state index in [-0.39, 0.29) is 5.56 Å². The van der Waals surface area contributed by atoms with Crippen molar-refractivity contribution in [1.82, 2.24) is 14.3 Å². The van der Waals surface area contributed by atoms with Crippen molar-refractivity contribution in [3.63, 3.8) is 0 Å². The first-order chi connectivity index (χ1) is 13.3. The maximum Gasteiger partial charge on any atom is 0.266 e. The molecule has 0 bridgehead atoms. The summed E-state index contributed by atoms with van der Waals surface area (Å²) in [7, 11) is -3.20. The van der Waals surface area contributed by atoms with Crippen molar-refractivity contribution in [2.24, 2.45) is 0 Å². The van der Waals surface area contributed by atoms with E-state index in [9.17, 15) is 13.2 Å². The van der Waals surface area contributed by atoms with Crippen LogP contribution in [0.3, 0.4) is 0 Å². The normalized spacial score (nSPS) is 11.8. The van der Waals surface area contributed by atoms with Crippen LogP contribution in [0.25, 0.3) is 16.6 Å². The lowest BCUT2D eigenvalue weighted by atomic mass is 10.1. The molecular formula is C20H23N3O3S2. The number of para-hydroxylation sites is 2. The van der Waals surface area contributed by atoms with Crippen molar-refractivity contribution < 1.29 is 8.42 Å². The van der Waals surface area contributed by atoms with Gasteiger partial charge in [-0.2, -0.15) is 0 Å². The van der Waals surface area contributed by atoms with E-state index in [0.29, 0.717) is 34.8 Å². The molecule has 0 aliphatic heterocycles. The lowest BCUT2D eigenvalue weighted by Crippen LogP contribution is -2.24. The summed E-state index contributed by atoms with van der Waals surface area (Å²) in [6, 6.07) is 13.3. The van der Waals surface area contributed by atoms with Crippen LogP contribution in [0.5, 0.6) is 0 Å². The number of aryl methyl sites for hydroxylation is 2. The Morgan fingerprint density at radius 3 is 2.43 bits per heavy atom. The maximum atomic E-state index is 13.3. The second-order valence-corrected chi connectivity index (χ2v) is 9.56. The van der Waals surface area contributed by atoms with Gasteiger partial charge in [0.2, 0.25) is 10.0 Å². The van der Waals surface area contributed by atoms with Crippen molar-refractivity contribution >= 4 is 32.7 Å². The van der Waals surface area contributed by atoms with E-state index in [1.807, 2.05) is 50.2 Å². The number of benzene rings is 2. The SMILES string of the molecule is Cc1cccc(C)c1-n1c(SCCCNS(C)(=O)=O)nc2ccccc2c1=O. The number of aromatic nitrogens is 2. The van der Waals surface area contributed by atoms with Gasteiger partial charge in [-0.15, -0.1) is 0 Å². The number of hydrogen-bond acceptors (Lipinski definition) is 5. The number of nitrogens with zero attached hydrogens (tertiary/aromatic N) is 2. The molecule has 3 aromatic rings. The molecule has 0 radical (unpaired) electrons. The first-order valence-electron chi connectivity index (χ1n) is 8.94. The van der Waals surface area contributed by atoms with Crippen LogP contribution < -0.4 is 10.3 Å². The van der Waals surface area contributed by atoms with Crippen LogP contribution in [0.2, 0.25) is 0 Å². The van der Waals surface area contributed by atoms with Gasteiger partial charge >= 0.3 is 0 Å². The average molecular weight is 418 g/mol. The molecule has 0 saturated heterocycles.